The van der Waals surface area contributed by atoms with Crippen LogP contribution in [0.4, 0.5) is 0 Å². The maximum atomic E-state index is 11.0. The minimum Gasteiger partial charge on any atom is -0.479 e. The van der Waals surface area contributed by atoms with Crippen LogP contribution in [0, 0.1) is 0 Å². The average molecular weight is 273 g/mol. The quantitative estimate of drug-likeness (QED) is 0.832. The molecular formula is C9H9BrN2O3. The zero-order valence-electron chi connectivity index (χ0n) is 7.92. The fourth-order valence-electron chi connectivity index (χ4n) is 1.19. The van der Waals surface area contributed by atoms with E-state index in [0.29, 0.717) is 16.4 Å². The zero-order chi connectivity index (χ0) is 11.4. The maximum Gasteiger partial charge on any atom is 0.331 e. The molecule has 1 unspecified atom stereocenters. The van der Waals surface area contributed by atoms with E-state index in [0.717, 1.165) is 4.90 Å². The number of amides is 1. The van der Waals surface area contributed by atoms with Crippen LogP contribution < -0.4 is 0 Å². The average Bonchev–Trinajstić information content (AvgIpc) is 2.17. The van der Waals surface area contributed by atoms with Crippen molar-refractivity contribution in [2.75, 3.05) is 7.05 Å². The van der Waals surface area contributed by atoms with Gasteiger partial charge in [-0.2, -0.15) is 0 Å². The molecule has 0 aliphatic carbocycles. The van der Waals surface area contributed by atoms with E-state index in [9.17, 15) is 9.59 Å². The summed E-state index contributed by atoms with van der Waals surface area (Å²) in [6.45, 7) is 0. The summed E-state index contributed by atoms with van der Waals surface area (Å²) in [5, 5.41) is 8.98. The molecule has 0 radical (unpaired) electrons. The molecule has 0 aliphatic rings. The van der Waals surface area contributed by atoms with E-state index < -0.39 is 12.0 Å². The maximum absolute atomic E-state index is 11.0. The molecule has 0 aromatic carbocycles. The van der Waals surface area contributed by atoms with E-state index in [1.54, 1.807) is 12.3 Å². The number of rotatable bonds is 4. The van der Waals surface area contributed by atoms with Crippen LogP contribution >= 0.6 is 15.9 Å². The number of hydrogen-bond donors (Lipinski definition) is 1. The summed E-state index contributed by atoms with van der Waals surface area (Å²) in [6, 6.07) is 0.610. The molecule has 0 saturated carbocycles. The van der Waals surface area contributed by atoms with Crippen molar-refractivity contribution in [3.8, 4) is 0 Å². The Morgan fingerprint density at radius 1 is 1.67 bits per heavy atom. The number of carboxylic acid groups (broad SMARTS) is 1. The van der Waals surface area contributed by atoms with Crippen molar-refractivity contribution in [2.45, 2.75) is 6.04 Å². The molecular weight excluding hydrogens is 264 g/mol. The molecule has 0 fully saturated rings. The van der Waals surface area contributed by atoms with Gasteiger partial charge in [-0.05, 0) is 22.0 Å². The number of hydrogen-bond acceptors (Lipinski definition) is 3. The van der Waals surface area contributed by atoms with Gasteiger partial charge in [0.25, 0.3) is 0 Å². The second-order valence-corrected chi connectivity index (χ2v) is 3.86. The van der Waals surface area contributed by atoms with Crippen LogP contribution in [0.3, 0.4) is 0 Å². The molecule has 80 valence electrons. The number of pyridine rings is 1. The van der Waals surface area contributed by atoms with E-state index >= 15 is 0 Å². The first kappa shape index (κ1) is 11.6. The lowest BCUT2D eigenvalue weighted by atomic mass is 10.1. The van der Waals surface area contributed by atoms with Crippen molar-refractivity contribution < 1.29 is 14.7 Å². The minimum atomic E-state index is -1.09. The number of aliphatic carboxylic acids is 1. The molecule has 1 rings (SSSR count). The second kappa shape index (κ2) is 4.88. The first-order chi connectivity index (χ1) is 7.06. The van der Waals surface area contributed by atoms with E-state index in [-0.39, 0.29) is 0 Å². The Balaban J connectivity index is 3.09. The molecule has 6 heteroatoms. The van der Waals surface area contributed by atoms with Crippen molar-refractivity contribution in [3.05, 3.63) is 28.5 Å². The molecule has 1 aromatic heterocycles. The summed E-state index contributed by atoms with van der Waals surface area (Å²) >= 11 is 3.19. The Morgan fingerprint density at radius 2 is 2.33 bits per heavy atom. The number of likely N-dealkylation sites (N-methyl/N-ethyl adjacent to an activating group) is 1. The molecule has 15 heavy (non-hydrogen) atoms. The third-order valence-corrected chi connectivity index (χ3v) is 2.28. The van der Waals surface area contributed by atoms with Gasteiger partial charge in [-0.25, -0.2) is 4.79 Å². The van der Waals surface area contributed by atoms with Gasteiger partial charge in [0, 0.05) is 29.5 Å². The lowest BCUT2D eigenvalue weighted by molar-refractivity contribution is -0.145. The number of carbonyl (C=O) groups is 2. The first-order valence-corrected chi connectivity index (χ1v) is 4.86. The van der Waals surface area contributed by atoms with Crippen molar-refractivity contribution in [2.24, 2.45) is 0 Å². The summed E-state index contributed by atoms with van der Waals surface area (Å²) in [5.41, 5.74) is 0.450. The van der Waals surface area contributed by atoms with Crippen LogP contribution in [0.25, 0.3) is 0 Å². The summed E-state index contributed by atoms with van der Waals surface area (Å²) in [5.74, 6) is -1.09. The van der Waals surface area contributed by atoms with Crippen LogP contribution in [-0.4, -0.2) is 34.4 Å². The summed E-state index contributed by atoms with van der Waals surface area (Å²) in [4.78, 5) is 26.4. The lowest BCUT2D eigenvalue weighted by Gasteiger charge is -2.20. The smallest absolute Gasteiger partial charge is 0.331 e. The second-order valence-electron chi connectivity index (χ2n) is 2.95. The standard InChI is InChI=1S/C9H9BrN2O3/c1-12(5-13)8(9(14)15)6-2-7(10)4-11-3-6/h2-5,8H,1H3,(H,14,15). The Bertz CT molecular complexity index is 383. The third kappa shape index (κ3) is 2.76. The van der Waals surface area contributed by atoms with Crippen molar-refractivity contribution >= 4 is 28.3 Å². The van der Waals surface area contributed by atoms with Gasteiger partial charge in [-0.1, -0.05) is 0 Å². The van der Waals surface area contributed by atoms with Crippen LogP contribution in [0.15, 0.2) is 22.9 Å². The van der Waals surface area contributed by atoms with Gasteiger partial charge < -0.3 is 10.0 Å². The van der Waals surface area contributed by atoms with Crippen molar-refractivity contribution in [1.82, 2.24) is 9.88 Å². The van der Waals surface area contributed by atoms with Gasteiger partial charge in [-0.3, -0.25) is 9.78 Å². The Morgan fingerprint density at radius 3 is 2.80 bits per heavy atom. The van der Waals surface area contributed by atoms with E-state index in [4.69, 9.17) is 5.11 Å². The van der Waals surface area contributed by atoms with Crippen LogP contribution in [-0.2, 0) is 9.59 Å². The summed E-state index contributed by atoms with van der Waals surface area (Å²) in [7, 11) is 1.41. The molecule has 0 saturated heterocycles. The topological polar surface area (TPSA) is 70.5 Å². The number of nitrogens with zero attached hydrogens (tertiary/aromatic N) is 2. The monoisotopic (exact) mass is 272 g/mol. The molecule has 1 amide bonds. The molecule has 1 heterocycles. The van der Waals surface area contributed by atoms with Crippen LogP contribution in [0.2, 0.25) is 0 Å². The molecule has 5 nitrogen and oxygen atoms in total. The summed E-state index contributed by atoms with van der Waals surface area (Å²) in [6.07, 6.45) is 3.44. The highest BCUT2D eigenvalue weighted by Crippen LogP contribution is 2.20. The highest BCUT2D eigenvalue weighted by atomic mass is 79.9. The number of halogens is 1. The van der Waals surface area contributed by atoms with Crippen molar-refractivity contribution in [1.29, 1.82) is 0 Å². The lowest BCUT2D eigenvalue weighted by Crippen LogP contribution is -2.29. The largest absolute Gasteiger partial charge is 0.479 e. The molecule has 0 aliphatic heterocycles. The molecule has 1 atom stereocenters. The van der Waals surface area contributed by atoms with Gasteiger partial charge in [0.05, 0.1) is 0 Å². The minimum absolute atomic E-state index is 0.450. The van der Waals surface area contributed by atoms with E-state index in [1.807, 2.05) is 0 Å². The molecule has 1 N–H and O–H groups in total. The fraction of sp³-hybridized carbons (Fsp3) is 0.222. The SMILES string of the molecule is CN(C=O)C(C(=O)O)c1cncc(Br)c1. The predicted octanol–water partition coefficient (Wildman–Crippen LogP) is 1.06. The number of aromatic nitrogens is 1. The van der Waals surface area contributed by atoms with Gasteiger partial charge in [-0.15, -0.1) is 0 Å². The Labute approximate surface area is 94.9 Å². The van der Waals surface area contributed by atoms with Crippen LogP contribution in [0.5, 0.6) is 0 Å². The Kier molecular flexibility index (Phi) is 3.79. The number of carboxylic acids is 1. The molecule has 1 aromatic rings. The van der Waals surface area contributed by atoms with E-state index in [1.165, 1.54) is 13.2 Å². The predicted molar refractivity (Wildman–Crippen MR) is 56.1 cm³/mol. The highest BCUT2D eigenvalue weighted by Gasteiger charge is 2.24. The zero-order valence-corrected chi connectivity index (χ0v) is 9.51. The van der Waals surface area contributed by atoms with Crippen molar-refractivity contribution in [3.63, 3.8) is 0 Å². The first-order valence-electron chi connectivity index (χ1n) is 4.06. The Hall–Kier alpha value is -1.43. The third-order valence-electron chi connectivity index (χ3n) is 1.85. The highest BCUT2D eigenvalue weighted by molar-refractivity contribution is 9.10. The van der Waals surface area contributed by atoms with Gasteiger partial charge in [0.1, 0.15) is 0 Å². The van der Waals surface area contributed by atoms with Gasteiger partial charge >= 0.3 is 5.97 Å². The van der Waals surface area contributed by atoms with Gasteiger partial charge in [0.2, 0.25) is 6.41 Å². The van der Waals surface area contributed by atoms with Gasteiger partial charge in [0.15, 0.2) is 6.04 Å². The fourth-order valence-corrected chi connectivity index (χ4v) is 1.57. The molecule has 0 spiro atoms. The normalized spacial score (nSPS) is 11.9. The van der Waals surface area contributed by atoms with Crippen LogP contribution in [0.1, 0.15) is 11.6 Å². The summed E-state index contributed by atoms with van der Waals surface area (Å²) < 4.78 is 0.672. The molecule has 0 bridgehead atoms. The van der Waals surface area contributed by atoms with E-state index in [2.05, 4.69) is 20.9 Å². The number of carbonyl (C=O) groups excluding carboxylic acids is 1.